The van der Waals surface area contributed by atoms with Crippen LogP contribution in [0.1, 0.15) is 67.7 Å². The van der Waals surface area contributed by atoms with Crippen LogP contribution in [0.3, 0.4) is 0 Å². The van der Waals surface area contributed by atoms with Crippen LogP contribution in [0.2, 0.25) is 0 Å². The summed E-state index contributed by atoms with van der Waals surface area (Å²) in [5.74, 6) is 1.84. The van der Waals surface area contributed by atoms with Gasteiger partial charge in [0.05, 0.1) is 13.2 Å². The summed E-state index contributed by atoms with van der Waals surface area (Å²) in [7, 11) is 0. The molecule has 0 atom stereocenters. The number of ether oxygens (including phenoxy) is 1. The fraction of sp³-hybridized carbons (Fsp3) is 0.467. The van der Waals surface area contributed by atoms with Crippen LogP contribution in [-0.4, -0.2) is 6.61 Å². The van der Waals surface area contributed by atoms with E-state index in [1.807, 2.05) is 0 Å². The molecule has 1 saturated carbocycles. The number of rotatable bonds is 12. The summed E-state index contributed by atoms with van der Waals surface area (Å²) >= 11 is 0. The van der Waals surface area contributed by atoms with E-state index in [9.17, 15) is 0 Å². The summed E-state index contributed by atoms with van der Waals surface area (Å²) in [6.07, 6.45) is 18.0. The molecule has 0 aromatic heterocycles. The van der Waals surface area contributed by atoms with E-state index in [0.717, 1.165) is 18.3 Å². The number of benzene rings is 2. The Bertz CT molecular complexity index is 776. The average molecular weight is 417 g/mol. The quantitative estimate of drug-likeness (QED) is 0.252. The van der Waals surface area contributed by atoms with Gasteiger partial charge in [-0.25, -0.2) is 0 Å². The standard InChI is InChI=1S/C30H40O/c1-3-5-6-25-7-9-26(10-8-25)11-12-27-13-15-28(16-14-27)17-18-29-19-21-30(22-20-29)24-31-23-4-2/h3-5,7-10,19-22,27-28H,2,6,11-18,23-24H2,1H3/b5-3+/t27-,28-. The second kappa shape index (κ2) is 13.3. The second-order valence-corrected chi connectivity index (χ2v) is 9.17. The van der Waals surface area contributed by atoms with Gasteiger partial charge in [0.25, 0.3) is 0 Å². The van der Waals surface area contributed by atoms with Crippen LogP contribution >= 0.6 is 0 Å². The third-order valence-electron chi connectivity index (χ3n) is 6.79. The van der Waals surface area contributed by atoms with Gasteiger partial charge in [-0.15, -0.1) is 6.58 Å². The van der Waals surface area contributed by atoms with Crippen LogP contribution in [0, 0.1) is 11.8 Å². The zero-order valence-electron chi connectivity index (χ0n) is 19.4. The lowest BCUT2D eigenvalue weighted by Gasteiger charge is -2.28. The van der Waals surface area contributed by atoms with Crippen molar-refractivity contribution in [2.24, 2.45) is 11.8 Å². The van der Waals surface area contributed by atoms with E-state index in [1.54, 1.807) is 6.08 Å². The van der Waals surface area contributed by atoms with E-state index >= 15 is 0 Å². The van der Waals surface area contributed by atoms with Crippen molar-refractivity contribution in [1.29, 1.82) is 0 Å². The molecule has 0 N–H and O–H groups in total. The molecule has 2 aromatic carbocycles. The number of hydrogen-bond acceptors (Lipinski definition) is 1. The molecule has 0 unspecified atom stereocenters. The Morgan fingerprint density at radius 1 is 0.774 bits per heavy atom. The zero-order chi connectivity index (χ0) is 21.7. The molecule has 1 nitrogen and oxygen atoms in total. The molecular weight excluding hydrogens is 376 g/mol. The van der Waals surface area contributed by atoms with E-state index in [-0.39, 0.29) is 0 Å². The molecule has 0 heterocycles. The molecule has 0 saturated heterocycles. The van der Waals surface area contributed by atoms with E-state index < -0.39 is 0 Å². The molecule has 1 aliphatic rings. The van der Waals surface area contributed by atoms with Crippen molar-refractivity contribution < 1.29 is 4.74 Å². The van der Waals surface area contributed by atoms with Crippen molar-refractivity contribution in [2.45, 2.75) is 71.3 Å². The fourth-order valence-electron chi connectivity index (χ4n) is 4.71. The summed E-state index contributed by atoms with van der Waals surface area (Å²) < 4.78 is 5.52. The Kier molecular flexibility index (Phi) is 10.1. The van der Waals surface area contributed by atoms with Crippen molar-refractivity contribution in [3.05, 3.63) is 95.6 Å². The van der Waals surface area contributed by atoms with Gasteiger partial charge < -0.3 is 4.74 Å². The number of hydrogen-bond donors (Lipinski definition) is 0. The lowest BCUT2D eigenvalue weighted by molar-refractivity contribution is 0.149. The Balaban J connectivity index is 1.32. The summed E-state index contributed by atoms with van der Waals surface area (Å²) in [6.45, 7) is 7.07. The highest BCUT2D eigenvalue weighted by Gasteiger charge is 2.20. The van der Waals surface area contributed by atoms with Crippen LogP contribution in [0.4, 0.5) is 0 Å². The number of allylic oxidation sites excluding steroid dienone is 2. The highest BCUT2D eigenvalue weighted by atomic mass is 16.5. The number of aryl methyl sites for hydroxylation is 2. The van der Waals surface area contributed by atoms with Crippen LogP contribution in [0.15, 0.2) is 73.3 Å². The molecule has 1 aliphatic carbocycles. The highest BCUT2D eigenvalue weighted by Crippen LogP contribution is 2.34. The molecular formula is C30H40O. The summed E-state index contributed by atoms with van der Waals surface area (Å²) in [5.41, 5.74) is 5.63. The summed E-state index contributed by atoms with van der Waals surface area (Å²) in [4.78, 5) is 0. The molecule has 166 valence electrons. The lowest BCUT2D eigenvalue weighted by Crippen LogP contribution is -2.15. The molecule has 3 rings (SSSR count). The molecule has 2 aromatic rings. The minimum Gasteiger partial charge on any atom is -0.373 e. The maximum Gasteiger partial charge on any atom is 0.0721 e. The van der Waals surface area contributed by atoms with Gasteiger partial charge in [-0.3, -0.25) is 0 Å². The third kappa shape index (κ3) is 8.50. The van der Waals surface area contributed by atoms with Crippen molar-refractivity contribution in [2.75, 3.05) is 6.61 Å². The molecule has 0 spiro atoms. The van der Waals surface area contributed by atoms with Crippen molar-refractivity contribution in [3.63, 3.8) is 0 Å². The van der Waals surface area contributed by atoms with Gasteiger partial charge in [-0.05, 0) is 73.1 Å². The molecule has 0 aliphatic heterocycles. The first kappa shape index (κ1) is 23.5. The van der Waals surface area contributed by atoms with Crippen LogP contribution in [0.25, 0.3) is 0 Å². The smallest absolute Gasteiger partial charge is 0.0721 e. The average Bonchev–Trinajstić information content (AvgIpc) is 2.82. The molecule has 1 heteroatoms. The maximum absolute atomic E-state index is 5.52. The normalized spacial score (nSPS) is 19.0. The largest absolute Gasteiger partial charge is 0.373 e. The van der Waals surface area contributed by atoms with Crippen molar-refractivity contribution >= 4 is 0 Å². The zero-order valence-corrected chi connectivity index (χ0v) is 19.4. The monoisotopic (exact) mass is 416 g/mol. The molecule has 1 fully saturated rings. The predicted molar refractivity (Wildman–Crippen MR) is 133 cm³/mol. The van der Waals surface area contributed by atoms with E-state index in [4.69, 9.17) is 4.74 Å². The predicted octanol–water partition coefficient (Wildman–Crippen LogP) is 7.88. The van der Waals surface area contributed by atoms with Gasteiger partial charge in [0, 0.05) is 0 Å². The van der Waals surface area contributed by atoms with E-state index in [0.29, 0.717) is 13.2 Å². The molecule has 0 bridgehead atoms. The van der Waals surface area contributed by atoms with Crippen molar-refractivity contribution in [3.8, 4) is 0 Å². The van der Waals surface area contributed by atoms with Gasteiger partial charge in [0.2, 0.25) is 0 Å². The van der Waals surface area contributed by atoms with Crippen LogP contribution in [0.5, 0.6) is 0 Å². The maximum atomic E-state index is 5.52. The van der Waals surface area contributed by atoms with Gasteiger partial charge in [-0.1, -0.05) is 92.4 Å². The van der Waals surface area contributed by atoms with Gasteiger partial charge in [-0.2, -0.15) is 0 Å². The Morgan fingerprint density at radius 3 is 1.74 bits per heavy atom. The first-order chi connectivity index (χ1) is 15.3. The van der Waals surface area contributed by atoms with E-state index in [2.05, 4.69) is 74.2 Å². The Morgan fingerprint density at radius 2 is 1.26 bits per heavy atom. The van der Waals surface area contributed by atoms with Crippen LogP contribution < -0.4 is 0 Å². The van der Waals surface area contributed by atoms with Gasteiger partial charge >= 0.3 is 0 Å². The minimum atomic E-state index is 0.619. The third-order valence-corrected chi connectivity index (χ3v) is 6.79. The summed E-state index contributed by atoms with van der Waals surface area (Å²) in [6, 6.07) is 18.2. The topological polar surface area (TPSA) is 9.23 Å². The summed E-state index contributed by atoms with van der Waals surface area (Å²) in [5, 5.41) is 0. The first-order valence-electron chi connectivity index (χ1n) is 12.2. The van der Waals surface area contributed by atoms with Gasteiger partial charge in [0.15, 0.2) is 0 Å². The second-order valence-electron chi connectivity index (χ2n) is 9.17. The Hall–Kier alpha value is -2.12. The van der Waals surface area contributed by atoms with Crippen LogP contribution in [-0.2, 0) is 30.6 Å². The first-order valence-corrected chi connectivity index (χ1v) is 12.2. The minimum absolute atomic E-state index is 0.619. The molecule has 0 radical (unpaired) electrons. The fourth-order valence-corrected chi connectivity index (χ4v) is 4.71. The lowest BCUT2D eigenvalue weighted by atomic mass is 9.77. The SMILES string of the molecule is C=CCOCc1ccc(CC[C@H]2CC[C@H](CCc3ccc(C/C=C/C)cc3)CC2)cc1. The van der Waals surface area contributed by atoms with Crippen molar-refractivity contribution in [1.82, 2.24) is 0 Å². The Labute approximate surface area is 190 Å². The van der Waals surface area contributed by atoms with Gasteiger partial charge in [0.1, 0.15) is 0 Å². The molecule has 31 heavy (non-hydrogen) atoms. The molecule has 0 amide bonds. The highest BCUT2D eigenvalue weighted by molar-refractivity contribution is 5.24. The van der Waals surface area contributed by atoms with E-state index in [1.165, 1.54) is 73.6 Å².